The fraction of sp³-hybridized carbons (Fsp3) is 0.533. The zero-order valence-electron chi connectivity index (χ0n) is 11.6. The highest BCUT2D eigenvalue weighted by atomic mass is 16.1. The Morgan fingerprint density at radius 3 is 2.72 bits per heavy atom. The van der Waals surface area contributed by atoms with Crippen LogP contribution in [0.2, 0.25) is 0 Å². The van der Waals surface area contributed by atoms with E-state index in [9.17, 15) is 4.79 Å². The Bertz CT molecular complexity index is 399. The maximum absolute atomic E-state index is 12.0. The summed E-state index contributed by atoms with van der Waals surface area (Å²) in [6, 6.07) is 7.47. The second-order valence-electron chi connectivity index (χ2n) is 5.50. The topological polar surface area (TPSA) is 55.1 Å². The fourth-order valence-corrected chi connectivity index (χ4v) is 2.03. The van der Waals surface area contributed by atoms with Crippen LogP contribution in [0.4, 0.5) is 0 Å². The zero-order chi connectivity index (χ0) is 13.6. The van der Waals surface area contributed by atoms with E-state index in [1.54, 1.807) is 0 Å². The largest absolute Gasteiger partial charge is 0.352 e. The summed E-state index contributed by atoms with van der Waals surface area (Å²) in [5.74, 6) is -0.0190. The molecule has 18 heavy (non-hydrogen) atoms. The van der Waals surface area contributed by atoms with Crippen molar-refractivity contribution in [2.24, 2.45) is 11.1 Å². The Labute approximate surface area is 110 Å². The average Bonchev–Trinajstić information content (AvgIpc) is 2.36. The molecule has 1 rings (SSSR count). The Hall–Kier alpha value is -1.35. The molecule has 3 N–H and O–H groups in total. The van der Waals surface area contributed by atoms with Crippen LogP contribution in [-0.4, -0.2) is 12.5 Å². The molecule has 0 fully saturated rings. The first-order valence-corrected chi connectivity index (χ1v) is 6.56. The van der Waals surface area contributed by atoms with Crippen molar-refractivity contribution in [3.8, 4) is 0 Å². The molecule has 0 saturated heterocycles. The molecule has 0 aliphatic rings. The van der Waals surface area contributed by atoms with Gasteiger partial charge in [0, 0.05) is 18.7 Å². The number of amides is 1. The van der Waals surface area contributed by atoms with Gasteiger partial charge in [-0.2, -0.15) is 0 Å². The van der Waals surface area contributed by atoms with Crippen molar-refractivity contribution < 1.29 is 4.79 Å². The highest BCUT2D eigenvalue weighted by Crippen LogP contribution is 2.20. The smallest absolute Gasteiger partial charge is 0.251 e. The van der Waals surface area contributed by atoms with E-state index in [2.05, 4.69) is 26.1 Å². The molecule has 0 radical (unpaired) electrons. The molecular weight excluding hydrogens is 224 g/mol. The number of hydrogen-bond donors (Lipinski definition) is 2. The summed E-state index contributed by atoms with van der Waals surface area (Å²) in [5.41, 5.74) is 7.39. The summed E-state index contributed by atoms with van der Waals surface area (Å²) < 4.78 is 0. The standard InChI is InChI=1S/C15H24N2O/c1-4-8-15(2,3)11-17-14(18)13-7-5-6-12(9-13)10-16/h5-7,9H,4,8,10-11,16H2,1-3H3,(H,17,18). The van der Waals surface area contributed by atoms with Gasteiger partial charge in [-0.1, -0.05) is 39.3 Å². The summed E-state index contributed by atoms with van der Waals surface area (Å²) in [6.07, 6.45) is 2.24. The molecule has 0 heterocycles. The lowest BCUT2D eigenvalue weighted by Crippen LogP contribution is -2.33. The first-order valence-electron chi connectivity index (χ1n) is 6.56. The van der Waals surface area contributed by atoms with Crippen molar-refractivity contribution in [2.75, 3.05) is 6.54 Å². The van der Waals surface area contributed by atoms with Crippen LogP contribution in [0.1, 0.15) is 49.5 Å². The Balaban J connectivity index is 2.60. The van der Waals surface area contributed by atoms with Crippen molar-refractivity contribution in [3.63, 3.8) is 0 Å². The van der Waals surface area contributed by atoms with Gasteiger partial charge in [0.05, 0.1) is 0 Å². The normalized spacial score (nSPS) is 11.3. The number of rotatable bonds is 6. The van der Waals surface area contributed by atoms with Gasteiger partial charge in [0.15, 0.2) is 0 Å². The molecule has 0 aliphatic carbocycles. The third-order valence-corrected chi connectivity index (χ3v) is 3.08. The van der Waals surface area contributed by atoms with E-state index < -0.39 is 0 Å². The maximum atomic E-state index is 12.0. The monoisotopic (exact) mass is 248 g/mol. The molecule has 3 heteroatoms. The number of carbonyl (C=O) groups excluding carboxylic acids is 1. The van der Waals surface area contributed by atoms with E-state index in [1.807, 2.05) is 24.3 Å². The maximum Gasteiger partial charge on any atom is 0.251 e. The van der Waals surface area contributed by atoms with Crippen LogP contribution >= 0.6 is 0 Å². The number of benzene rings is 1. The van der Waals surface area contributed by atoms with Crippen molar-refractivity contribution in [1.29, 1.82) is 0 Å². The van der Waals surface area contributed by atoms with Gasteiger partial charge < -0.3 is 11.1 Å². The highest BCUT2D eigenvalue weighted by Gasteiger charge is 2.18. The zero-order valence-corrected chi connectivity index (χ0v) is 11.6. The Morgan fingerprint density at radius 1 is 1.39 bits per heavy atom. The molecular formula is C15H24N2O. The van der Waals surface area contributed by atoms with Crippen molar-refractivity contribution in [3.05, 3.63) is 35.4 Å². The molecule has 0 spiro atoms. The molecule has 0 aliphatic heterocycles. The van der Waals surface area contributed by atoms with Crippen molar-refractivity contribution in [1.82, 2.24) is 5.32 Å². The van der Waals surface area contributed by atoms with Gasteiger partial charge >= 0.3 is 0 Å². The van der Waals surface area contributed by atoms with Crippen molar-refractivity contribution >= 4 is 5.91 Å². The minimum Gasteiger partial charge on any atom is -0.352 e. The lowest BCUT2D eigenvalue weighted by atomic mass is 9.88. The molecule has 0 unspecified atom stereocenters. The number of nitrogens with two attached hydrogens (primary N) is 1. The minimum atomic E-state index is -0.0190. The van der Waals surface area contributed by atoms with Crippen LogP contribution in [0.15, 0.2) is 24.3 Å². The first-order chi connectivity index (χ1) is 8.48. The average molecular weight is 248 g/mol. The van der Waals surface area contributed by atoms with Gasteiger partial charge in [0.2, 0.25) is 0 Å². The molecule has 3 nitrogen and oxygen atoms in total. The van der Waals surface area contributed by atoms with Crippen LogP contribution in [0.25, 0.3) is 0 Å². The molecule has 1 amide bonds. The van der Waals surface area contributed by atoms with E-state index in [4.69, 9.17) is 5.73 Å². The molecule has 1 aromatic carbocycles. The van der Waals surface area contributed by atoms with Gasteiger partial charge in [-0.15, -0.1) is 0 Å². The van der Waals surface area contributed by atoms with E-state index >= 15 is 0 Å². The summed E-state index contributed by atoms with van der Waals surface area (Å²) in [7, 11) is 0. The lowest BCUT2D eigenvalue weighted by molar-refractivity contribution is 0.0934. The lowest BCUT2D eigenvalue weighted by Gasteiger charge is -2.24. The molecule has 0 atom stereocenters. The quantitative estimate of drug-likeness (QED) is 0.813. The molecule has 0 aromatic heterocycles. The Kier molecular flexibility index (Phi) is 5.35. The molecule has 100 valence electrons. The van der Waals surface area contributed by atoms with Crippen LogP contribution in [0.5, 0.6) is 0 Å². The predicted octanol–water partition coefficient (Wildman–Crippen LogP) is 2.70. The van der Waals surface area contributed by atoms with E-state index in [0.29, 0.717) is 18.7 Å². The second kappa shape index (κ2) is 6.55. The van der Waals surface area contributed by atoms with Crippen LogP contribution in [0.3, 0.4) is 0 Å². The summed E-state index contributed by atoms with van der Waals surface area (Å²) >= 11 is 0. The summed E-state index contributed by atoms with van der Waals surface area (Å²) in [6.45, 7) is 7.67. The second-order valence-corrected chi connectivity index (χ2v) is 5.50. The van der Waals surface area contributed by atoms with E-state index in [1.165, 1.54) is 0 Å². The van der Waals surface area contributed by atoms with Crippen LogP contribution in [0, 0.1) is 5.41 Å². The molecule has 0 bridgehead atoms. The molecule has 1 aromatic rings. The third kappa shape index (κ3) is 4.49. The highest BCUT2D eigenvalue weighted by molar-refractivity contribution is 5.94. The number of carbonyl (C=O) groups is 1. The number of hydrogen-bond acceptors (Lipinski definition) is 2. The molecule has 0 saturated carbocycles. The van der Waals surface area contributed by atoms with Gasteiger partial charge in [0.1, 0.15) is 0 Å². The summed E-state index contributed by atoms with van der Waals surface area (Å²) in [5, 5.41) is 3.00. The van der Waals surface area contributed by atoms with Gasteiger partial charge in [-0.05, 0) is 29.5 Å². The predicted molar refractivity (Wildman–Crippen MR) is 75.4 cm³/mol. The number of nitrogens with one attached hydrogen (secondary N) is 1. The Morgan fingerprint density at radius 2 is 2.11 bits per heavy atom. The fourth-order valence-electron chi connectivity index (χ4n) is 2.03. The van der Waals surface area contributed by atoms with Gasteiger partial charge in [-0.3, -0.25) is 4.79 Å². The van der Waals surface area contributed by atoms with Gasteiger partial charge in [0.25, 0.3) is 5.91 Å². The van der Waals surface area contributed by atoms with Crippen molar-refractivity contribution in [2.45, 2.75) is 40.2 Å². The van der Waals surface area contributed by atoms with E-state index in [-0.39, 0.29) is 11.3 Å². The van der Waals surface area contributed by atoms with Gasteiger partial charge in [-0.25, -0.2) is 0 Å². The van der Waals surface area contributed by atoms with Crippen LogP contribution < -0.4 is 11.1 Å². The van der Waals surface area contributed by atoms with E-state index in [0.717, 1.165) is 18.4 Å². The SMILES string of the molecule is CCCC(C)(C)CNC(=O)c1cccc(CN)c1. The third-order valence-electron chi connectivity index (χ3n) is 3.08. The summed E-state index contributed by atoms with van der Waals surface area (Å²) in [4.78, 5) is 12.0. The first kappa shape index (κ1) is 14.7. The van der Waals surface area contributed by atoms with Crippen LogP contribution in [-0.2, 0) is 6.54 Å². The minimum absolute atomic E-state index is 0.0190.